The van der Waals surface area contributed by atoms with Crippen LogP contribution in [0.4, 0.5) is 0 Å². The van der Waals surface area contributed by atoms with Crippen LogP contribution in [-0.4, -0.2) is 43.8 Å². The fourth-order valence-corrected chi connectivity index (χ4v) is 2.11. The number of nitrogens with two attached hydrogens (primary N) is 1. The maximum Gasteiger partial charge on any atom is 0.328 e. The summed E-state index contributed by atoms with van der Waals surface area (Å²) in [6, 6.07) is -0.622. The monoisotopic (exact) mass is 272 g/mol. The molecule has 0 spiro atoms. The third kappa shape index (κ3) is 4.18. The zero-order chi connectivity index (χ0) is 14.4. The average Bonchev–Trinajstić information content (AvgIpc) is 2.91. The number of hydrogen-bond donors (Lipinski definition) is 2. The highest BCUT2D eigenvalue weighted by molar-refractivity contribution is 5.87. The van der Waals surface area contributed by atoms with Gasteiger partial charge in [0, 0.05) is 6.54 Å². The third-order valence-corrected chi connectivity index (χ3v) is 3.63. The maximum atomic E-state index is 12.1. The molecule has 0 aromatic rings. The van der Waals surface area contributed by atoms with Gasteiger partial charge in [-0.1, -0.05) is 20.3 Å². The van der Waals surface area contributed by atoms with Crippen molar-refractivity contribution in [1.29, 1.82) is 0 Å². The van der Waals surface area contributed by atoms with E-state index in [9.17, 15) is 9.59 Å². The molecule has 0 bridgehead atoms. The van der Waals surface area contributed by atoms with Crippen molar-refractivity contribution < 1.29 is 19.1 Å². The molecule has 1 aliphatic rings. The Morgan fingerprint density at radius 3 is 2.63 bits per heavy atom. The number of nitrogens with one attached hydrogen (secondary N) is 1. The summed E-state index contributed by atoms with van der Waals surface area (Å²) in [5, 5.41) is 2.73. The van der Waals surface area contributed by atoms with E-state index in [4.69, 9.17) is 15.2 Å². The molecule has 4 unspecified atom stereocenters. The molecular weight excluding hydrogens is 248 g/mol. The molecule has 1 saturated heterocycles. The Morgan fingerprint density at radius 1 is 1.47 bits per heavy atom. The van der Waals surface area contributed by atoms with E-state index in [0.29, 0.717) is 13.0 Å². The van der Waals surface area contributed by atoms with Crippen LogP contribution in [-0.2, 0) is 19.1 Å². The standard InChI is InChI=1S/C13H24N2O4/c1-4-8(2)11(13(17)18-3)15-12(16)10-6-5-9(7-14)19-10/h8-11H,4-7,14H2,1-3H3,(H,15,16). The molecule has 0 saturated carbocycles. The Morgan fingerprint density at radius 2 is 2.16 bits per heavy atom. The SMILES string of the molecule is CCC(C)C(NC(=O)C1CCC(CN)O1)C(=O)OC. The van der Waals surface area contributed by atoms with Crippen molar-refractivity contribution in [3.05, 3.63) is 0 Å². The fraction of sp³-hybridized carbons (Fsp3) is 0.846. The van der Waals surface area contributed by atoms with Crippen LogP contribution in [0, 0.1) is 5.92 Å². The second-order valence-corrected chi connectivity index (χ2v) is 4.95. The highest BCUT2D eigenvalue weighted by Gasteiger charge is 2.34. The lowest BCUT2D eigenvalue weighted by Gasteiger charge is -2.23. The Hall–Kier alpha value is -1.14. The van der Waals surface area contributed by atoms with Gasteiger partial charge in [0.1, 0.15) is 12.1 Å². The van der Waals surface area contributed by atoms with Crippen molar-refractivity contribution in [2.75, 3.05) is 13.7 Å². The number of rotatable bonds is 6. The predicted octanol–water partition coefficient (Wildman–Crippen LogP) is 0.197. The second-order valence-electron chi connectivity index (χ2n) is 4.95. The van der Waals surface area contributed by atoms with E-state index < -0.39 is 18.1 Å². The highest BCUT2D eigenvalue weighted by Crippen LogP contribution is 2.19. The average molecular weight is 272 g/mol. The lowest BCUT2D eigenvalue weighted by atomic mass is 9.99. The van der Waals surface area contributed by atoms with E-state index in [2.05, 4.69) is 5.32 Å². The summed E-state index contributed by atoms with van der Waals surface area (Å²) >= 11 is 0. The zero-order valence-electron chi connectivity index (χ0n) is 11.8. The molecule has 3 N–H and O–H groups in total. The first-order chi connectivity index (χ1) is 9.03. The van der Waals surface area contributed by atoms with Crippen LogP contribution in [0.5, 0.6) is 0 Å². The van der Waals surface area contributed by atoms with E-state index >= 15 is 0 Å². The molecular formula is C13H24N2O4. The van der Waals surface area contributed by atoms with Gasteiger partial charge in [-0.2, -0.15) is 0 Å². The summed E-state index contributed by atoms with van der Waals surface area (Å²) in [6.07, 6.45) is 1.63. The minimum atomic E-state index is -0.622. The lowest BCUT2D eigenvalue weighted by molar-refractivity contribution is -0.148. The maximum absolute atomic E-state index is 12.1. The largest absolute Gasteiger partial charge is 0.467 e. The summed E-state index contributed by atoms with van der Waals surface area (Å²) in [5.41, 5.74) is 5.51. The van der Waals surface area contributed by atoms with Gasteiger partial charge in [0.15, 0.2) is 0 Å². The molecule has 1 heterocycles. The summed E-state index contributed by atoms with van der Waals surface area (Å²) < 4.78 is 10.2. The predicted molar refractivity (Wildman–Crippen MR) is 70.4 cm³/mol. The number of esters is 1. The Kier molecular flexibility index (Phi) is 6.24. The normalized spacial score (nSPS) is 25.7. The molecule has 1 rings (SSSR count). The number of methoxy groups -OCH3 is 1. The smallest absolute Gasteiger partial charge is 0.328 e. The zero-order valence-corrected chi connectivity index (χ0v) is 11.8. The molecule has 6 heteroatoms. The van der Waals surface area contributed by atoms with E-state index in [1.165, 1.54) is 7.11 Å². The van der Waals surface area contributed by atoms with Gasteiger partial charge in [-0.15, -0.1) is 0 Å². The Bertz CT molecular complexity index is 322. The van der Waals surface area contributed by atoms with Crippen LogP contribution in [0.2, 0.25) is 0 Å². The summed E-state index contributed by atoms with van der Waals surface area (Å²) in [4.78, 5) is 23.8. The van der Waals surface area contributed by atoms with Gasteiger partial charge in [-0.05, 0) is 18.8 Å². The van der Waals surface area contributed by atoms with E-state index in [0.717, 1.165) is 12.8 Å². The molecule has 19 heavy (non-hydrogen) atoms. The molecule has 1 fully saturated rings. The molecule has 0 radical (unpaired) electrons. The molecule has 0 aliphatic carbocycles. The van der Waals surface area contributed by atoms with Gasteiger partial charge in [-0.25, -0.2) is 4.79 Å². The molecule has 110 valence electrons. The number of hydrogen-bond acceptors (Lipinski definition) is 5. The van der Waals surface area contributed by atoms with Crippen LogP contribution in [0.15, 0.2) is 0 Å². The van der Waals surface area contributed by atoms with Gasteiger partial charge < -0.3 is 20.5 Å². The topological polar surface area (TPSA) is 90.7 Å². The van der Waals surface area contributed by atoms with Gasteiger partial charge >= 0.3 is 5.97 Å². The van der Waals surface area contributed by atoms with Gasteiger partial charge in [0.05, 0.1) is 13.2 Å². The molecule has 6 nitrogen and oxygen atoms in total. The summed E-state index contributed by atoms with van der Waals surface area (Å²) in [5.74, 6) is -0.661. The molecule has 0 aromatic carbocycles. The highest BCUT2D eigenvalue weighted by atomic mass is 16.5. The van der Waals surface area contributed by atoms with Crippen molar-refractivity contribution in [3.8, 4) is 0 Å². The first kappa shape index (κ1) is 15.9. The van der Waals surface area contributed by atoms with Gasteiger partial charge in [0.2, 0.25) is 5.91 Å². The van der Waals surface area contributed by atoms with Crippen molar-refractivity contribution in [3.63, 3.8) is 0 Å². The molecule has 1 amide bonds. The molecule has 0 aromatic heterocycles. The molecule has 1 aliphatic heterocycles. The van der Waals surface area contributed by atoms with Crippen LogP contribution in [0.1, 0.15) is 33.1 Å². The Labute approximate surface area is 114 Å². The number of ether oxygens (including phenoxy) is 2. The fourth-order valence-electron chi connectivity index (χ4n) is 2.11. The van der Waals surface area contributed by atoms with Gasteiger partial charge in [0.25, 0.3) is 0 Å². The van der Waals surface area contributed by atoms with Crippen molar-refractivity contribution >= 4 is 11.9 Å². The quantitative estimate of drug-likeness (QED) is 0.674. The third-order valence-electron chi connectivity index (χ3n) is 3.63. The first-order valence-corrected chi connectivity index (χ1v) is 6.77. The van der Waals surface area contributed by atoms with Crippen LogP contribution >= 0.6 is 0 Å². The van der Waals surface area contributed by atoms with Gasteiger partial charge in [-0.3, -0.25) is 4.79 Å². The first-order valence-electron chi connectivity index (χ1n) is 6.77. The lowest BCUT2D eigenvalue weighted by Crippen LogP contribution is -2.49. The second kappa shape index (κ2) is 7.45. The van der Waals surface area contributed by atoms with E-state index in [1.54, 1.807) is 0 Å². The Balaban J connectivity index is 2.59. The van der Waals surface area contributed by atoms with Crippen LogP contribution in [0.25, 0.3) is 0 Å². The summed E-state index contributed by atoms with van der Waals surface area (Å²) in [6.45, 7) is 4.28. The molecule has 4 atom stereocenters. The van der Waals surface area contributed by atoms with E-state index in [1.807, 2.05) is 13.8 Å². The number of carbonyl (C=O) groups excluding carboxylic acids is 2. The summed E-state index contributed by atoms with van der Waals surface area (Å²) in [7, 11) is 1.32. The van der Waals surface area contributed by atoms with E-state index in [-0.39, 0.29) is 17.9 Å². The van der Waals surface area contributed by atoms with Crippen LogP contribution < -0.4 is 11.1 Å². The number of carbonyl (C=O) groups is 2. The van der Waals surface area contributed by atoms with Crippen molar-refractivity contribution in [2.45, 2.75) is 51.4 Å². The van der Waals surface area contributed by atoms with Crippen LogP contribution in [0.3, 0.4) is 0 Å². The number of amides is 1. The van der Waals surface area contributed by atoms with Crippen molar-refractivity contribution in [1.82, 2.24) is 5.32 Å². The minimum absolute atomic E-state index is 0.0168. The van der Waals surface area contributed by atoms with Crippen molar-refractivity contribution in [2.24, 2.45) is 11.7 Å². The minimum Gasteiger partial charge on any atom is -0.467 e.